The Bertz CT molecular complexity index is 742. The van der Waals surface area contributed by atoms with Crippen molar-refractivity contribution in [3.63, 3.8) is 0 Å². The van der Waals surface area contributed by atoms with Crippen LogP contribution in [0.3, 0.4) is 0 Å². The minimum absolute atomic E-state index is 0.193. The zero-order valence-electron chi connectivity index (χ0n) is 12.6. The van der Waals surface area contributed by atoms with Gasteiger partial charge in [0.15, 0.2) is 0 Å². The van der Waals surface area contributed by atoms with Crippen LogP contribution in [0.5, 0.6) is 0 Å². The summed E-state index contributed by atoms with van der Waals surface area (Å²) in [5.74, 6) is 0.861. The Labute approximate surface area is 137 Å². The summed E-state index contributed by atoms with van der Waals surface area (Å²) in [5, 5.41) is 23.7. The molecule has 1 aliphatic heterocycles. The van der Waals surface area contributed by atoms with Crippen molar-refractivity contribution in [2.45, 2.75) is 25.1 Å². The number of hydrogen-bond acceptors (Lipinski definition) is 4. The second kappa shape index (κ2) is 7.23. The van der Waals surface area contributed by atoms with Gasteiger partial charge in [0.1, 0.15) is 0 Å². The summed E-state index contributed by atoms with van der Waals surface area (Å²) in [5.41, 5.74) is 1.90. The van der Waals surface area contributed by atoms with Crippen molar-refractivity contribution in [3.05, 3.63) is 74.8 Å². The van der Waals surface area contributed by atoms with Gasteiger partial charge in [-0.25, -0.2) is 4.68 Å². The van der Waals surface area contributed by atoms with Gasteiger partial charge < -0.3 is 0 Å². The van der Waals surface area contributed by atoms with E-state index in [4.69, 9.17) is 0 Å². The Balaban J connectivity index is 1.53. The molecular formula is C16H18N4O2S. The van der Waals surface area contributed by atoms with Gasteiger partial charge in [-0.3, -0.25) is 10.1 Å². The van der Waals surface area contributed by atoms with Crippen molar-refractivity contribution < 1.29 is 4.92 Å². The van der Waals surface area contributed by atoms with E-state index in [1.807, 2.05) is 23.0 Å². The lowest BCUT2D eigenvalue weighted by molar-refractivity contribution is -0.385. The first kappa shape index (κ1) is 15.5. The highest BCUT2D eigenvalue weighted by molar-refractivity contribution is 8.21. The van der Waals surface area contributed by atoms with Crippen LogP contribution >= 0.6 is 10.9 Å². The predicted molar refractivity (Wildman–Crippen MR) is 92.4 cm³/mol. The molecule has 6 nitrogen and oxygen atoms in total. The quantitative estimate of drug-likeness (QED) is 0.480. The van der Waals surface area contributed by atoms with Crippen molar-refractivity contribution >= 4 is 16.6 Å². The molecule has 2 heterocycles. The highest BCUT2D eigenvalue weighted by Gasteiger charge is 2.12. The fourth-order valence-corrected chi connectivity index (χ4v) is 3.92. The smallest absolute Gasteiger partial charge is 0.258 e. The third kappa shape index (κ3) is 4.07. The Morgan fingerprint density at radius 2 is 1.96 bits per heavy atom. The number of rotatable bonds is 7. The molecular weight excluding hydrogens is 312 g/mol. The molecule has 7 heteroatoms. The van der Waals surface area contributed by atoms with E-state index in [0.717, 1.165) is 30.0 Å². The maximum atomic E-state index is 11.0. The number of aryl methyl sites for hydroxylation is 2. The van der Waals surface area contributed by atoms with Crippen LogP contribution < -0.4 is 0 Å². The van der Waals surface area contributed by atoms with Gasteiger partial charge >= 0.3 is 0 Å². The summed E-state index contributed by atoms with van der Waals surface area (Å²) in [6.45, 7) is 0. The number of benzene rings is 1. The van der Waals surface area contributed by atoms with Crippen LogP contribution in [0.15, 0.2) is 53.4 Å². The molecule has 0 bridgehead atoms. The molecule has 1 aliphatic rings. The zero-order chi connectivity index (χ0) is 16.1. The second-order valence-corrected chi connectivity index (χ2v) is 7.23. The molecule has 23 heavy (non-hydrogen) atoms. The predicted octanol–water partition coefficient (Wildman–Crippen LogP) is 3.36. The van der Waals surface area contributed by atoms with E-state index in [-0.39, 0.29) is 21.5 Å². The minimum Gasteiger partial charge on any atom is -0.258 e. The topological polar surface area (TPSA) is 73.8 Å². The molecule has 0 fully saturated rings. The third-order valence-electron chi connectivity index (χ3n) is 3.63. The zero-order valence-corrected chi connectivity index (χ0v) is 13.5. The normalized spacial score (nSPS) is 14.5. The van der Waals surface area contributed by atoms with E-state index in [9.17, 15) is 10.1 Å². The monoisotopic (exact) mass is 330 g/mol. The summed E-state index contributed by atoms with van der Waals surface area (Å²) < 4.78 is 1.88. The molecule has 0 unspecified atom stereocenters. The first-order chi connectivity index (χ1) is 11.2. The first-order valence-corrected chi connectivity index (χ1v) is 9.11. The van der Waals surface area contributed by atoms with E-state index in [1.54, 1.807) is 12.1 Å². The van der Waals surface area contributed by atoms with Crippen LogP contribution in [0, 0.1) is 10.1 Å². The van der Waals surface area contributed by atoms with E-state index >= 15 is 0 Å². The first-order valence-electron chi connectivity index (χ1n) is 7.44. The number of nitro groups is 1. The molecule has 0 spiro atoms. The van der Waals surface area contributed by atoms with Gasteiger partial charge in [0, 0.05) is 17.8 Å². The van der Waals surface area contributed by atoms with Gasteiger partial charge in [0.2, 0.25) is 0 Å². The van der Waals surface area contributed by atoms with Crippen molar-refractivity contribution in [2.75, 3.05) is 0 Å². The van der Waals surface area contributed by atoms with Gasteiger partial charge in [-0.2, -0.15) is 10.9 Å². The summed E-state index contributed by atoms with van der Waals surface area (Å²) in [6.07, 6.45) is 8.37. The average Bonchev–Trinajstić information content (AvgIpc) is 3.20. The number of nitrogens with zero attached hydrogens (tertiary/aromatic N) is 4. The molecule has 0 N–H and O–H groups in total. The van der Waals surface area contributed by atoms with E-state index in [2.05, 4.69) is 33.3 Å². The van der Waals surface area contributed by atoms with E-state index in [1.165, 1.54) is 0 Å². The van der Waals surface area contributed by atoms with Gasteiger partial charge in [0.25, 0.3) is 5.69 Å². The number of aromatic nitrogens is 3. The number of nitro benzene ring substituents is 1. The summed E-state index contributed by atoms with van der Waals surface area (Å²) in [4.78, 5) is 10.7. The van der Waals surface area contributed by atoms with Crippen molar-refractivity contribution in [2.24, 2.45) is 0 Å². The summed E-state index contributed by atoms with van der Waals surface area (Å²) in [6, 6.07) is 6.90. The molecule has 0 atom stereocenters. The van der Waals surface area contributed by atoms with Crippen LogP contribution in [0.1, 0.15) is 17.7 Å². The molecule has 1 aromatic carbocycles. The number of para-hydroxylation sites is 1. The minimum atomic E-state index is -0.323. The molecule has 0 aliphatic carbocycles. The maximum absolute atomic E-state index is 11.0. The molecule has 120 valence electrons. The third-order valence-corrected chi connectivity index (χ3v) is 5.35. The molecule has 0 radical (unpaired) electrons. The van der Waals surface area contributed by atoms with Gasteiger partial charge in [-0.05, 0) is 30.1 Å². The van der Waals surface area contributed by atoms with Gasteiger partial charge in [0.05, 0.1) is 16.5 Å². The highest BCUT2D eigenvalue weighted by atomic mass is 32.2. The number of thiol groups is 1. The molecule has 0 saturated heterocycles. The molecule has 0 amide bonds. The fourth-order valence-electron chi connectivity index (χ4n) is 2.51. The van der Waals surface area contributed by atoms with Crippen LogP contribution in [0.4, 0.5) is 5.69 Å². The van der Waals surface area contributed by atoms with E-state index in [0.29, 0.717) is 6.42 Å². The Hall–Kier alpha value is -2.41. The number of hydrogen-bond donors (Lipinski definition) is 1. The maximum Gasteiger partial charge on any atom is 0.272 e. The van der Waals surface area contributed by atoms with Crippen LogP contribution in [0.25, 0.3) is 0 Å². The van der Waals surface area contributed by atoms with Crippen LogP contribution in [0.2, 0.25) is 0 Å². The fraction of sp³-hybridized carbons (Fsp3) is 0.250. The summed E-state index contributed by atoms with van der Waals surface area (Å²) >= 11 is 0. The lowest BCUT2D eigenvalue weighted by Crippen LogP contribution is -1.97. The Morgan fingerprint density at radius 3 is 2.74 bits per heavy atom. The largest absolute Gasteiger partial charge is 0.272 e. The van der Waals surface area contributed by atoms with E-state index < -0.39 is 0 Å². The van der Waals surface area contributed by atoms with Gasteiger partial charge in [-0.15, -0.1) is 5.10 Å². The standard InChI is InChI=1S/C16H18N4O2S/c21-20(22)16-9-2-1-6-14(16)7-5-8-15-12-19(18-17-15)13-23-10-3-4-11-23/h1-4,6,9-12,23H,5,7-8,13H2. The molecule has 3 rings (SSSR count). The Kier molecular flexibility index (Phi) is 4.87. The highest BCUT2D eigenvalue weighted by Crippen LogP contribution is 2.34. The van der Waals surface area contributed by atoms with Crippen molar-refractivity contribution in [1.82, 2.24) is 15.0 Å². The van der Waals surface area contributed by atoms with Crippen LogP contribution in [-0.4, -0.2) is 19.9 Å². The van der Waals surface area contributed by atoms with Gasteiger partial charge in [-0.1, -0.05) is 35.6 Å². The summed E-state index contributed by atoms with van der Waals surface area (Å²) in [7, 11) is -0.244. The lowest BCUT2D eigenvalue weighted by Gasteiger charge is -2.08. The van der Waals surface area contributed by atoms with Crippen molar-refractivity contribution in [1.29, 1.82) is 0 Å². The molecule has 1 aromatic heterocycles. The average molecular weight is 330 g/mol. The molecule has 0 saturated carbocycles. The Morgan fingerprint density at radius 1 is 1.17 bits per heavy atom. The lowest BCUT2D eigenvalue weighted by atomic mass is 10.1. The second-order valence-electron chi connectivity index (χ2n) is 5.33. The van der Waals surface area contributed by atoms with Crippen LogP contribution in [-0.2, 0) is 18.7 Å². The molecule has 2 aromatic rings. The SMILES string of the molecule is O=[N+]([O-])c1ccccc1CCCc1cn(C[SH]2C=CC=C2)nn1. The van der Waals surface area contributed by atoms with Crippen molar-refractivity contribution in [3.8, 4) is 0 Å². The number of allylic oxidation sites excluding steroid dienone is 2.